The minimum absolute atomic E-state index is 0.348. The Balaban J connectivity index is 2.03. The fraction of sp³-hybridized carbons (Fsp3) is 0.571. The monoisotopic (exact) mass is 286 g/mol. The van der Waals surface area contributed by atoms with E-state index in [1.165, 1.54) is 0 Å². The number of hydrogen-bond acceptors (Lipinski definition) is 2. The highest BCUT2D eigenvalue weighted by atomic mass is 35.5. The SMILES string of the molecule is CCC1CN(Cc2cc(Cl)ccc2Cl)CCC1N. The predicted molar refractivity (Wildman–Crippen MR) is 78.1 cm³/mol. The number of benzene rings is 1. The molecule has 1 saturated heterocycles. The van der Waals surface area contributed by atoms with Crippen LogP contribution in [0, 0.1) is 5.92 Å². The minimum atomic E-state index is 0.348. The van der Waals surface area contributed by atoms with Gasteiger partial charge in [0, 0.05) is 29.2 Å². The van der Waals surface area contributed by atoms with Crippen LogP contribution in [0.25, 0.3) is 0 Å². The summed E-state index contributed by atoms with van der Waals surface area (Å²) in [6.45, 7) is 5.17. The van der Waals surface area contributed by atoms with E-state index in [0.29, 0.717) is 12.0 Å². The summed E-state index contributed by atoms with van der Waals surface area (Å²) in [5, 5.41) is 1.54. The van der Waals surface area contributed by atoms with Gasteiger partial charge in [0.1, 0.15) is 0 Å². The Labute approximate surface area is 119 Å². The fourth-order valence-electron chi connectivity index (χ4n) is 2.61. The van der Waals surface area contributed by atoms with Crippen molar-refractivity contribution in [3.8, 4) is 0 Å². The number of rotatable bonds is 3. The van der Waals surface area contributed by atoms with E-state index in [1.807, 2.05) is 18.2 Å². The van der Waals surface area contributed by atoms with Crippen molar-refractivity contribution < 1.29 is 0 Å². The molecule has 2 N–H and O–H groups in total. The maximum absolute atomic E-state index is 6.20. The van der Waals surface area contributed by atoms with Crippen LogP contribution >= 0.6 is 23.2 Å². The van der Waals surface area contributed by atoms with Gasteiger partial charge in [0.25, 0.3) is 0 Å². The van der Waals surface area contributed by atoms with Gasteiger partial charge in [-0.15, -0.1) is 0 Å². The minimum Gasteiger partial charge on any atom is -0.327 e. The Morgan fingerprint density at radius 3 is 2.89 bits per heavy atom. The second-order valence-corrected chi connectivity index (χ2v) is 5.94. The molecule has 0 saturated carbocycles. The van der Waals surface area contributed by atoms with Gasteiger partial charge in [-0.1, -0.05) is 36.5 Å². The highest BCUT2D eigenvalue weighted by Crippen LogP contribution is 2.25. The Kier molecular flexibility index (Phi) is 4.91. The Bertz CT molecular complexity index is 409. The molecule has 2 nitrogen and oxygen atoms in total. The first-order valence-electron chi connectivity index (χ1n) is 6.52. The van der Waals surface area contributed by atoms with E-state index in [1.54, 1.807) is 0 Å². The van der Waals surface area contributed by atoms with E-state index >= 15 is 0 Å². The summed E-state index contributed by atoms with van der Waals surface area (Å²) < 4.78 is 0. The zero-order chi connectivity index (χ0) is 13.1. The van der Waals surface area contributed by atoms with Gasteiger partial charge in [0.05, 0.1) is 0 Å². The highest BCUT2D eigenvalue weighted by Gasteiger charge is 2.25. The van der Waals surface area contributed by atoms with Gasteiger partial charge in [-0.05, 0) is 42.6 Å². The number of nitrogens with zero attached hydrogens (tertiary/aromatic N) is 1. The first kappa shape index (κ1) is 14.1. The van der Waals surface area contributed by atoms with Gasteiger partial charge in [0.15, 0.2) is 0 Å². The molecule has 0 aliphatic carbocycles. The van der Waals surface area contributed by atoms with Crippen LogP contribution in [-0.2, 0) is 6.54 Å². The Morgan fingerprint density at radius 1 is 1.39 bits per heavy atom. The van der Waals surface area contributed by atoms with Crippen molar-refractivity contribution in [3.63, 3.8) is 0 Å². The molecule has 0 spiro atoms. The molecule has 1 aromatic carbocycles. The van der Waals surface area contributed by atoms with Gasteiger partial charge in [0.2, 0.25) is 0 Å². The number of nitrogens with two attached hydrogens (primary N) is 1. The lowest BCUT2D eigenvalue weighted by Gasteiger charge is -2.36. The summed E-state index contributed by atoms with van der Waals surface area (Å²) >= 11 is 12.2. The summed E-state index contributed by atoms with van der Waals surface area (Å²) in [6.07, 6.45) is 2.21. The van der Waals surface area contributed by atoms with E-state index in [0.717, 1.165) is 48.1 Å². The molecule has 0 bridgehead atoms. The van der Waals surface area contributed by atoms with Crippen molar-refractivity contribution in [2.24, 2.45) is 11.7 Å². The van der Waals surface area contributed by atoms with Crippen LogP contribution in [0.15, 0.2) is 18.2 Å². The van der Waals surface area contributed by atoms with Crippen LogP contribution in [0.3, 0.4) is 0 Å². The van der Waals surface area contributed by atoms with E-state index in [9.17, 15) is 0 Å². The van der Waals surface area contributed by atoms with Gasteiger partial charge >= 0.3 is 0 Å². The van der Waals surface area contributed by atoms with Crippen molar-refractivity contribution >= 4 is 23.2 Å². The van der Waals surface area contributed by atoms with E-state index in [-0.39, 0.29) is 0 Å². The molecule has 2 rings (SSSR count). The molecule has 2 unspecified atom stereocenters. The van der Waals surface area contributed by atoms with Crippen LogP contribution in [0.1, 0.15) is 25.3 Å². The maximum atomic E-state index is 6.20. The number of halogens is 2. The van der Waals surface area contributed by atoms with Crippen molar-refractivity contribution in [2.45, 2.75) is 32.4 Å². The molecular formula is C14H20Cl2N2. The second-order valence-electron chi connectivity index (χ2n) is 5.09. The second kappa shape index (κ2) is 6.25. The lowest BCUT2D eigenvalue weighted by atomic mass is 9.90. The molecule has 1 aliphatic rings. The predicted octanol–water partition coefficient (Wildman–Crippen LogP) is 3.55. The van der Waals surface area contributed by atoms with Crippen LogP contribution in [0.5, 0.6) is 0 Å². The van der Waals surface area contributed by atoms with E-state index < -0.39 is 0 Å². The third kappa shape index (κ3) is 3.39. The topological polar surface area (TPSA) is 29.3 Å². The summed E-state index contributed by atoms with van der Waals surface area (Å²) in [4.78, 5) is 2.43. The molecule has 100 valence electrons. The van der Waals surface area contributed by atoms with Crippen LogP contribution < -0.4 is 5.73 Å². The Morgan fingerprint density at radius 2 is 2.17 bits per heavy atom. The highest BCUT2D eigenvalue weighted by molar-refractivity contribution is 6.33. The number of hydrogen-bond donors (Lipinski definition) is 1. The number of piperidine rings is 1. The number of likely N-dealkylation sites (tertiary alicyclic amines) is 1. The van der Waals surface area contributed by atoms with Crippen molar-refractivity contribution in [1.29, 1.82) is 0 Å². The molecule has 1 aliphatic heterocycles. The van der Waals surface area contributed by atoms with Crippen LogP contribution in [0.4, 0.5) is 0 Å². The van der Waals surface area contributed by atoms with E-state index in [4.69, 9.17) is 28.9 Å². The van der Waals surface area contributed by atoms with Crippen molar-refractivity contribution in [2.75, 3.05) is 13.1 Å². The molecule has 0 amide bonds. The van der Waals surface area contributed by atoms with Gasteiger partial charge in [-0.2, -0.15) is 0 Å². The summed E-state index contributed by atoms with van der Waals surface area (Å²) in [5.41, 5.74) is 7.23. The standard InChI is InChI=1S/C14H20Cl2N2/c1-2-10-8-18(6-5-14(10)17)9-11-7-12(15)3-4-13(11)16/h3-4,7,10,14H,2,5-6,8-9,17H2,1H3. The third-order valence-electron chi connectivity index (χ3n) is 3.80. The first-order chi connectivity index (χ1) is 8.60. The summed E-state index contributed by atoms with van der Waals surface area (Å²) in [6, 6.07) is 6.00. The van der Waals surface area contributed by atoms with Gasteiger partial charge in [-0.3, -0.25) is 4.90 Å². The normalized spacial score (nSPS) is 25.3. The molecule has 4 heteroatoms. The smallest absolute Gasteiger partial charge is 0.0452 e. The van der Waals surface area contributed by atoms with Crippen LogP contribution in [-0.4, -0.2) is 24.0 Å². The molecule has 2 atom stereocenters. The average Bonchev–Trinajstić information content (AvgIpc) is 2.36. The summed E-state index contributed by atoms with van der Waals surface area (Å²) in [5.74, 6) is 0.594. The molecular weight excluding hydrogens is 267 g/mol. The van der Waals surface area contributed by atoms with Gasteiger partial charge in [-0.25, -0.2) is 0 Å². The first-order valence-corrected chi connectivity index (χ1v) is 7.27. The zero-order valence-corrected chi connectivity index (χ0v) is 12.2. The molecule has 1 heterocycles. The molecule has 18 heavy (non-hydrogen) atoms. The van der Waals surface area contributed by atoms with Crippen molar-refractivity contribution in [3.05, 3.63) is 33.8 Å². The largest absolute Gasteiger partial charge is 0.327 e. The third-order valence-corrected chi connectivity index (χ3v) is 4.41. The molecule has 1 aromatic rings. The molecule has 1 fully saturated rings. The van der Waals surface area contributed by atoms with E-state index in [2.05, 4.69) is 11.8 Å². The maximum Gasteiger partial charge on any atom is 0.0452 e. The Hall–Kier alpha value is -0.280. The lowest BCUT2D eigenvalue weighted by Crippen LogP contribution is -2.46. The molecule has 0 aromatic heterocycles. The average molecular weight is 287 g/mol. The van der Waals surface area contributed by atoms with Gasteiger partial charge < -0.3 is 5.73 Å². The lowest BCUT2D eigenvalue weighted by molar-refractivity contribution is 0.145. The zero-order valence-electron chi connectivity index (χ0n) is 10.7. The summed E-state index contributed by atoms with van der Waals surface area (Å²) in [7, 11) is 0. The fourth-order valence-corrected chi connectivity index (χ4v) is 2.98. The quantitative estimate of drug-likeness (QED) is 0.921. The molecule has 0 radical (unpaired) electrons. The van der Waals surface area contributed by atoms with Crippen molar-refractivity contribution in [1.82, 2.24) is 4.90 Å². The van der Waals surface area contributed by atoms with Crippen LogP contribution in [0.2, 0.25) is 10.0 Å².